The van der Waals surface area contributed by atoms with E-state index in [-0.39, 0.29) is 30.2 Å². The topological polar surface area (TPSA) is 78.4 Å². The van der Waals surface area contributed by atoms with Gasteiger partial charge in [-0.05, 0) is 56.2 Å². The summed E-state index contributed by atoms with van der Waals surface area (Å²) in [5.41, 5.74) is 1.71. The van der Waals surface area contributed by atoms with E-state index in [2.05, 4.69) is 20.9 Å². The number of piperidine rings is 1. The van der Waals surface area contributed by atoms with Crippen LogP contribution in [0.4, 0.5) is 0 Å². The molecule has 0 spiro atoms. The van der Waals surface area contributed by atoms with Gasteiger partial charge in [-0.1, -0.05) is 0 Å². The summed E-state index contributed by atoms with van der Waals surface area (Å²) in [4.78, 5) is 26.6. The fourth-order valence-corrected chi connectivity index (χ4v) is 3.92. The summed E-state index contributed by atoms with van der Waals surface area (Å²) in [7, 11) is 0. The molecule has 2 aliphatic rings. The first-order valence-electron chi connectivity index (χ1n) is 9.92. The largest absolute Gasteiger partial charge is 0.349 e. The molecule has 2 saturated heterocycles. The van der Waals surface area contributed by atoms with Gasteiger partial charge in [0, 0.05) is 55.2 Å². The first kappa shape index (κ1) is 18.7. The number of carbonyl (C=O) groups excluding carboxylic acids is 2. The molecule has 0 aliphatic carbocycles. The highest BCUT2D eigenvalue weighted by atomic mass is 16.2. The Balaban J connectivity index is 1.28. The Morgan fingerprint density at radius 2 is 1.79 bits per heavy atom. The van der Waals surface area contributed by atoms with Gasteiger partial charge in [-0.15, -0.1) is 0 Å². The van der Waals surface area contributed by atoms with Crippen molar-refractivity contribution in [3.05, 3.63) is 54.4 Å². The molecule has 2 fully saturated rings. The molecule has 0 saturated carbocycles. The maximum Gasteiger partial charge on any atom is 0.251 e. The van der Waals surface area contributed by atoms with Crippen LogP contribution in [0.15, 0.2) is 48.8 Å². The first-order valence-corrected chi connectivity index (χ1v) is 9.92. The second-order valence-electron chi connectivity index (χ2n) is 7.66. The van der Waals surface area contributed by atoms with Crippen LogP contribution in [0, 0.1) is 0 Å². The number of rotatable bonds is 4. The Kier molecular flexibility index (Phi) is 5.45. The number of benzene rings is 1. The van der Waals surface area contributed by atoms with E-state index < -0.39 is 0 Å². The lowest BCUT2D eigenvalue weighted by atomic mass is 10.0. The highest BCUT2D eigenvalue weighted by molar-refractivity contribution is 5.94. The Morgan fingerprint density at radius 1 is 1.11 bits per heavy atom. The summed E-state index contributed by atoms with van der Waals surface area (Å²) in [5, 5.41) is 9.57. The zero-order chi connectivity index (χ0) is 19.5. The molecule has 148 valence electrons. The van der Waals surface area contributed by atoms with Gasteiger partial charge in [-0.2, -0.15) is 0 Å². The number of nitrogens with zero attached hydrogens (tertiary/aromatic N) is 2. The van der Waals surface area contributed by atoms with Crippen molar-refractivity contribution >= 4 is 11.8 Å². The van der Waals surface area contributed by atoms with Crippen LogP contribution in [0.3, 0.4) is 0 Å². The molecule has 3 heterocycles. The van der Waals surface area contributed by atoms with Gasteiger partial charge in [-0.25, -0.2) is 0 Å². The van der Waals surface area contributed by atoms with Crippen molar-refractivity contribution in [2.45, 2.75) is 44.6 Å². The van der Waals surface area contributed by atoms with Gasteiger partial charge in [0.1, 0.15) is 6.29 Å². The van der Waals surface area contributed by atoms with Crippen molar-refractivity contribution in [1.29, 1.82) is 0 Å². The quantitative estimate of drug-likeness (QED) is 0.749. The van der Waals surface area contributed by atoms with E-state index in [4.69, 9.17) is 0 Å². The van der Waals surface area contributed by atoms with Crippen molar-refractivity contribution in [1.82, 2.24) is 25.4 Å². The summed E-state index contributed by atoms with van der Waals surface area (Å²) in [5.74, 6) is 0.0604. The summed E-state index contributed by atoms with van der Waals surface area (Å²) < 4.78 is 2.01. The maximum atomic E-state index is 12.6. The third-order valence-corrected chi connectivity index (χ3v) is 5.49. The molecule has 2 aliphatic heterocycles. The van der Waals surface area contributed by atoms with Crippen LogP contribution in [-0.4, -0.2) is 52.7 Å². The average molecular weight is 381 g/mol. The van der Waals surface area contributed by atoms with Crippen molar-refractivity contribution < 1.29 is 9.59 Å². The Bertz CT molecular complexity index is 810. The molecule has 1 aromatic heterocycles. The third-order valence-electron chi connectivity index (χ3n) is 5.49. The van der Waals surface area contributed by atoms with Gasteiger partial charge in [0.25, 0.3) is 5.91 Å². The van der Waals surface area contributed by atoms with E-state index in [1.54, 1.807) is 0 Å². The van der Waals surface area contributed by atoms with Gasteiger partial charge < -0.3 is 15.2 Å². The molecule has 2 unspecified atom stereocenters. The highest BCUT2D eigenvalue weighted by Gasteiger charge is 2.30. The smallest absolute Gasteiger partial charge is 0.251 e. The molecular weight excluding hydrogens is 354 g/mol. The molecule has 4 rings (SSSR count). The second kappa shape index (κ2) is 8.16. The zero-order valence-corrected chi connectivity index (χ0v) is 16.1. The summed E-state index contributed by atoms with van der Waals surface area (Å²) in [6.45, 7) is 3.70. The minimum atomic E-state index is -0.103. The summed E-state index contributed by atoms with van der Waals surface area (Å²) >= 11 is 0. The molecule has 2 aromatic rings. The van der Waals surface area contributed by atoms with Crippen LogP contribution in [-0.2, 0) is 4.79 Å². The number of likely N-dealkylation sites (tertiary alicyclic amines) is 1. The average Bonchev–Trinajstić information content (AvgIpc) is 3.23. The van der Waals surface area contributed by atoms with Crippen LogP contribution in [0.25, 0.3) is 5.69 Å². The van der Waals surface area contributed by atoms with Gasteiger partial charge in [-0.3, -0.25) is 19.8 Å². The number of carbonyl (C=O) groups is 2. The van der Waals surface area contributed by atoms with E-state index in [1.807, 2.05) is 60.3 Å². The normalized spacial score (nSPS) is 24.0. The second-order valence-corrected chi connectivity index (χ2v) is 7.66. The van der Waals surface area contributed by atoms with Crippen molar-refractivity contribution in [2.75, 3.05) is 13.1 Å². The van der Waals surface area contributed by atoms with E-state index in [1.165, 1.54) is 0 Å². The van der Waals surface area contributed by atoms with Crippen LogP contribution < -0.4 is 16.0 Å². The first-order chi connectivity index (χ1) is 13.6. The molecule has 7 heteroatoms. The van der Waals surface area contributed by atoms with E-state index >= 15 is 0 Å². The van der Waals surface area contributed by atoms with Crippen molar-refractivity contribution in [3.8, 4) is 5.69 Å². The molecule has 0 bridgehead atoms. The van der Waals surface area contributed by atoms with Crippen LogP contribution >= 0.6 is 0 Å². The summed E-state index contributed by atoms with van der Waals surface area (Å²) in [6, 6.07) is 11.9. The molecular formula is C21H27N5O2. The SMILES string of the molecule is CC1CC(=O)NC(N2CCC(NC(=O)c3ccc(-n4cccc4)cc3)CC2)N1. The Labute approximate surface area is 165 Å². The number of hydrogen-bond acceptors (Lipinski definition) is 4. The molecule has 2 atom stereocenters. The zero-order valence-electron chi connectivity index (χ0n) is 16.1. The lowest BCUT2D eigenvalue weighted by Gasteiger charge is -2.41. The van der Waals surface area contributed by atoms with Gasteiger partial charge in [0.05, 0.1) is 0 Å². The molecule has 1 aromatic carbocycles. The fourth-order valence-electron chi connectivity index (χ4n) is 3.92. The monoisotopic (exact) mass is 381 g/mol. The predicted octanol–water partition coefficient (Wildman–Crippen LogP) is 1.45. The predicted molar refractivity (Wildman–Crippen MR) is 107 cm³/mol. The number of hydrogen-bond donors (Lipinski definition) is 3. The minimum absolute atomic E-state index is 0.0322. The van der Waals surface area contributed by atoms with E-state index in [0.717, 1.165) is 31.6 Å². The lowest BCUT2D eigenvalue weighted by Crippen LogP contribution is -2.65. The van der Waals surface area contributed by atoms with Gasteiger partial charge >= 0.3 is 0 Å². The minimum Gasteiger partial charge on any atom is -0.349 e. The third kappa shape index (κ3) is 4.26. The standard InChI is InChI=1S/C21H27N5O2/c1-15-14-19(27)24-21(22-15)26-12-8-17(9-13-26)23-20(28)16-4-6-18(7-5-16)25-10-2-3-11-25/h2-7,10-11,15,17,21-22H,8-9,12-14H2,1H3,(H,23,28)(H,24,27). The highest BCUT2D eigenvalue weighted by Crippen LogP contribution is 2.15. The Morgan fingerprint density at radius 3 is 2.43 bits per heavy atom. The van der Waals surface area contributed by atoms with E-state index in [9.17, 15) is 9.59 Å². The van der Waals surface area contributed by atoms with Crippen LogP contribution in [0.1, 0.15) is 36.5 Å². The molecule has 28 heavy (non-hydrogen) atoms. The lowest BCUT2D eigenvalue weighted by molar-refractivity contribution is -0.127. The number of aromatic nitrogens is 1. The van der Waals surface area contributed by atoms with Gasteiger partial charge in [0.2, 0.25) is 5.91 Å². The van der Waals surface area contributed by atoms with Crippen LogP contribution in [0.2, 0.25) is 0 Å². The van der Waals surface area contributed by atoms with Crippen molar-refractivity contribution in [2.24, 2.45) is 0 Å². The molecule has 7 nitrogen and oxygen atoms in total. The molecule has 3 N–H and O–H groups in total. The molecule has 2 amide bonds. The van der Waals surface area contributed by atoms with E-state index in [0.29, 0.717) is 12.0 Å². The van der Waals surface area contributed by atoms with Crippen LogP contribution in [0.5, 0.6) is 0 Å². The van der Waals surface area contributed by atoms with Crippen molar-refractivity contribution in [3.63, 3.8) is 0 Å². The molecule has 0 radical (unpaired) electrons. The number of amides is 2. The van der Waals surface area contributed by atoms with Gasteiger partial charge in [0.15, 0.2) is 0 Å². The Hall–Kier alpha value is -2.64. The summed E-state index contributed by atoms with van der Waals surface area (Å²) in [6.07, 6.45) is 6.12. The maximum absolute atomic E-state index is 12.6. The fraction of sp³-hybridized carbons (Fsp3) is 0.429. The number of nitrogens with one attached hydrogen (secondary N) is 3.